The van der Waals surface area contributed by atoms with Crippen molar-refractivity contribution < 1.29 is 22.4 Å². The summed E-state index contributed by atoms with van der Waals surface area (Å²) < 4.78 is 45.4. The van der Waals surface area contributed by atoms with Crippen molar-refractivity contribution in [3.63, 3.8) is 0 Å². The largest absolute Gasteiger partial charge is 0.455 e. The van der Waals surface area contributed by atoms with E-state index < -0.39 is 11.7 Å². The Labute approximate surface area is 203 Å². The summed E-state index contributed by atoms with van der Waals surface area (Å²) in [4.78, 5) is 18.9. The van der Waals surface area contributed by atoms with Gasteiger partial charge in [0.05, 0.1) is 12.1 Å². The van der Waals surface area contributed by atoms with E-state index in [1.165, 1.54) is 18.6 Å². The lowest BCUT2D eigenvalue weighted by Crippen LogP contribution is -2.35. The third-order valence-corrected chi connectivity index (χ3v) is 6.37. The molecular weight excluding hydrogens is 455 g/mol. The maximum Gasteiger partial charge on any atom is 0.416 e. The molecule has 0 radical (unpaired) electrons. The zero-order valence-corrected chi connectivity index (χ0v) is 19.6. The number of alkyl halides is 3. The van der Waals surface area contributed by atoms with E-state index in [0.717, 1.165) is 37.4 Å². The minimum absolute atomic E-state index is 0.226. The van der Waals surface area contributed by atoms with Gasteiger partial charge in [0.2, 0.25) is 0 Å². The van der Waals surface area contributed by atoms with Crippen molar-refractivity contribution in [3.8, 4) is 0 Å². The van der Waals surface area contributed by atoms with Gasteiger partial charge in [0, 0.05) is 37.4 Å². The number of hydrogen-bond donors (Lipinski definition) is 1. The molecule has 1 saturated carbocycles. The number of nitrogens with zero attached hydrogens (tertiary/aromatic N) is 2. The van der Waals surface area contributed by atoms with Gasteiger partial charge in [-0.15, -0.1) is 0 Å². The third-order valence-electron chi connectivity index (χ3n) is 6.37. The lowest BCUT2D eigenvalue weighted by Gasteiger charge is -2.34. The monoisotopic (exact) mass is 485 g/mol. The Morgan fingerprint density at radius 3 is 2.60 bits per heavy atom. The predicted molar refractivity (Wildman–Crippen MR) is 127 cm³/mol. The number of nitrogens with one attached hydrogen (secondary N) is 1. The van der Waals surface area contributed by atoms with Gasteiger partial charge in [-0.25, -0.2) is 0 Å². The first-order chi connectivity index (χ1) is 16.9. The first-order valence-corrected chi connectivity index (χ1v) is 12.1. The summed E-state index contributed by atoms with van der Waals surface area (Å²) in [6.45, 7) is 1.26. The Morgan fingerprint density at radius 2 is 1.86 bits per heavy atom. The molecule has 0 atom stereocenters. The Hall–Kier alpha value is -3.13. The van der Waals surface area contributed by atoms with E-state index in [1.54, 1.807) is 24.4 Å². The number of pyridine rings is 1. The van der Waals surface area contributed by atoms with Gasteiger partial charge in [0.25, 0.3) is 5.91 Å². The van der Waals surface area contributed by atoms with E-state index >= 15 is 0 Å². The van der Waals surface area contributed by atoms with Crippen molar-refractivity contribution >= 4 is 5.91 Å². The first-order valence-electron chi connectivity index (χ1n) is 12.1. The average Bonchev–Trinajstić information content (AvgIpc) is 3.33. The van der Waals surface area contributed by atoms with Crippen molar-refractivity contribution in [2.24, 2.45) is 0 Å². The van der Waals surface area contributed by atoms with Crippen LogP contribution in [0, 0.1) is 0 Å². The van der Waals surface area contributed by atoms with Gasteiger partial charge in [0.15, 0.2) is 5.76 Å². The predicted octanol–water partition coefficient (Wildman–Crippen LogP) is 6.00. The zero-order valence-electron chi connectivity index (χ0n) is 19.6. The molecule has 1 aliphatic carbocycles. The number of carbonyl (C=O) groups excluding carboxylic acids is 1. The fourth-order valence-corrected chi connectivity index (χ4v) is 4.56. The van der Waals surface area contributed by atoms with E-state index in [1.807, 2.05) is 18.2 Å². The van der Waals surface area contributed by atoms with Crippen LogP contribution in [0.5, 0.6) is 0 Å². The molecular formula is C27H30F3N3O2. The first kappa shape index (κ1) is 25.0. The topological polar surface area (TPSA) is 58.4 Å². The number of amides is 1. The number of hydrogen-bond acceptors (Lipinski definition) is 4. The molecule has 0 unspecified atom stereocenters. The van der Waals surface area contributed by atoms with Gasteiger partial charge < -0.3 is 9.73 Å². The minimum Gasteiger partial charge on any atom is -0.455 e. The Kier molecular flexibility index (Phi) is 8.23. The Morgan fingerprint density at radius 1 is 1.03 bits per heavy atom. The number of aromatic nitrogens is 1. The summed E-state index contributed by atoms with van der Waals surface area (Å²) in [5, 5.41) is 2.84. The highest BCUT2D eigenvalue weighted by atomic mass is 19.4. The molecule has 186 valence electrons. The second-order valence-electron chi connectivity index (χ2n) is 8.99. The Bertz CT molecular complexity index is 1090. The summed E-state index contributed by atoms with van der Waals surface area (Å²) in [6.07, 6.45) is 3.35. The molecule has 0 saturated heterocycles. The van der Waals surface area contributed by atoms with Crippen molar-refractivity contribution in [3.05, 3.63) is 89.1 Å². The number of benzene rings is 1. The quantitative estimate of drug-likeness (QED) is 0.404. The summed E-state index contributed by atoms with van der Waals surface area (Å²) in [5.74, 6) is 0.551. The lowest BCUT2D eigenvalue weighted by molar-refractivity contribution is -0.137. The van der Waals surface area contributed by atoms with Crippen LogP contribution < -0.4 is 5.32 Å². The number of rotatable bonds is 9. The van der Waals surface area contributed by atoms with Crippen LogP contribution in [0.2, 0.25) is 0 Å². The summed E-state index contributed by atoms with van der Waals surface area (Å²) >= 11 is 0. The summed E-state index contributed by atoms with van der Waals surface area (Å²) in [6, 6.07) is 14.8. The highest BCUT2D eigenvalue weighted by Crippen LogP contribution is 2.31. The van der Waals surface area contributed by atoms with Gasteiger partial charge in [-0.1, -0.05) is 43.5 Å². The second-order valence-corrected chi connectivity index (χ2v) is 8.99. The van der Waals surface area contributed by atoms with Gasteiger partial charge in [-0.2, -0.15) is 13.2 Å². The summed E-state index contributed by atoms with van der Waals surface area (Å²) in [5.41, 5.74) is 0.872. The van der Waals surface area contributed by atoms with Crippen LogP contribution in [-0.4, -0.2) is 28.4 Å². The van der Waals surface area contributed by atoms with Crippen molar-refractivity contribution in [1.29, 1.82) is 0 Å². The normalized spacial score (nSPS) is 14.9. The van der Waals surface area contributed by atoms with E-state index in [9.17, 15) is 18.0 Å². The van der Waals surface area contributed by atoms with Crippen LogP contribution in [0.3, 0.4) is 0 Å². The fourth-order valence-electron chi connectivity index (χ4n) is 4.56. The van der Waals surface area contributed by atoms with Gasteiger partial charge in [-0.3, -0.25) is 14.7 Å². The molecule has 5 nitrogen and oxygen atoms in total. The molecule has 1 fully saturated rings. The molecule has 2 heterocycles. The number of carbonyl (C=O) groups is 1. The molecule has 1 aliphatic rings. The third kappa shape index (κ3) is 7.18. The zero-order chi connectivity index (χ0) is 24.7. The van der Waals surface area contributed by atoms with Crippen LogP contribution in [0.4, 0.5) is 13.2 Å². The molecule has 0 aliphatic heterocycles. The molecule has 0 spiro atoms. The SMILES string of the molecule is O=C(NCCc1ccccn1)c1ccc(CN(Cc2cccc(C(F)(F)F)c2)C2CCCCC2)o1. The van der Waals surface area contributed by atoms with Gasteiger partial charge in [0.1, 0.15) is 5.76 Å². The van der Waals surface area contributed by atoms with Crippen molar-refractivity contribution in [2.75, 3.05) is 6.54 Å². The highest BCUT2D eigenvalue weighted by Gasteiger charge is 2.31. The molecule has 0 bridgehead atoms. The van der Waals surface area contributed by atoms with Crippen molar-refractivity contribution in [2.45, 2.75) is 63.8 Å². The van der Waals surface area contributed by atoms with Gasteiger partial charge in [-0.05, 0) is 48.7 Å². The minimum atomic E-state index is -4.37. The van der Waals surface area contributed by atoms with E-state index in [2.05, 4.69) is 15.2 Å². The fraction of sp³-hybridized carbons (Fsp3) is 0.407. The van der Waals surface area contributed by atoms with E-state index in [4.69, 9.17) is 4.42 Å². The number of furan rings is 1. The molecule has 1 amide bonds. The summed E-state index contributed by atoms with van der Waals surface area (Å²) in [7, 11) is 0. The van der Waals surface area contributed by atoms with Crippen molar-refractivity contribution in [1.82, 2.24) is 15.2 Å². The smallest absolute Gasteiger partial charge is 0.416 e. The molecule has 1 aromatic carbocycles. The molecule has 2 aromatic heterocycles. The molecule has 1 N–H and O–H groups in total. The molecule has 4 rings (SSSR count). The highest BCUT2D eigenvalue weighted by molar-refractivity contribution is 5.91. The second kappa shape index (κ2) is 11.5. The van der Waals surface area contributed by atoms with Crippen LogP contribution >= 0.6 is 0 Å². The number of halogens is 3. The maximum absolute atomic E-state index is 13.2. The van der Waals surface area contributed by atoms with Crippen LogP contribution in [-0.2, 0) is 25.7 Å². The van der Waals surface area contributed by atoms with Crippen LogP contribution in [0.15, 0.2) is 65.2 Å². The lowest BCUT2D eigenvalue weighted by atomic mass is 9.93. The molecule has 8 heteroatoms. The standard InChI is InChI=1S/C27H30F3N3O2/c28-27(29,30)21-8-6-7-20(17-21)18-33(23-10-2-1-3-11-23)19-24-12-13-25(35-24)26(34)32-16-14-22-9-4-5-15-31-22/h4-9,12-13,15,17,23H,1-3,10-11,14,16,18-19H2,(H,32,34). The molecule has 3 aromatic rings. The average molecular weight is 486 g/mol. The van der Waals surface area contributed by atoms with Gasteiger partial charge >= 0.3 is 6.18 Å². The maximum atomic E-state index is 13.2. The Balaban J connectivity index is 1.40. The van der Waals surface area contributed by atoms with E-state index in [0.29, 0.717) is 37.4 Å². The van der Waals surface area contributed by atoms with Crippen LogP contribution in [0.1, 0.15) is 65.2 Å². The van der Waals surface area contributed by atoms with E-state index in [-0.39, 0.29) is 17.7 Å². The molecule has 35 heavy (non-hydrogen) atoms. The van der Waals surface area contributed by atoms with Crippen LogP contribution in [0.25, 0.3) is 0 Å².